The Morgan fingerprint density at radius 2 is 1.88 bits per heavy atom. The predicted octanol–water partition coefficient (Wildman–Crippen LogP) is 2.31. The Kier molecular flexibility index (Phi) is 4.42. The highest BCUT2D eigenvalue weighted by Gasteiger charge is 2.53. The molecule has 0 unspecified atom stereocenters. The van der Waals surface area contributed by atoms with E-state index in [1.54, 1.807) is 4.90 Å². The lowest BCUT2D eigenvalue weighted by Gasteiger charge is -2.27. The van der Waals surface area contributed by atoms with Crippen molar-refractivity contribution in [3.05, 3.63) is 29.8 Å². The Morgan fingerprint density at radius 3 is 2.54 bits per heavy atom. The van der Waals surface area contributed by atoms with Gasteiger partial charge in [-0.2, -0.15) is 0 Å². The van der Waals surface area contributed by atoms with Crippen molar-refractivity contribution in [3.63, 3.8) is 0 Å². The van der Waals surface area contributed by atoms with Gasteiger partial charge < -0.3 is 15.0 Å². The first-order chi connectivity index (χ1) is 12.6. The van der Waals surface area contributed by atoms with Crippen molar-refractivity contribution in [3.8, 4) is 0 Å². The minimum atomic E-state index is -0.568. The van der Waals surface area contributed by atoms with Gasteiger partial charge in [0, 0.05) is 25.2 Å². The van der Waals surface area contributed by atoms with Gasteiger partial charge in [-0.15, -0.1) is 0 Å². The number of amides is 2. The van der Waals surface area contributed by atoms with Crippen molar-refractivity contribution in [2.24, 2.45) is 5.92 Å². The molecule has 0 radical (unpaired) electrons. The summed E-state index contributed by atoms with van der Waals surface area (Å²) >= 11 is 0. The number of nitrogens with one attached hydrogen (secondary N) is 1. The highest BCUT2D eigenvalue weighted by Crippen LogP contribution is 2.45. The third-order valence-electron chi connectivity index (χ3n) is 5.88. The molecule has 2 aliphatic heterocycles. The van der Waals surface area contributed by atoms with Crippen LogP contribution in [0.5, 0.6) is 0 Å². The van der Waals surface area contributed by atoms with E-state index in [9.17, 15) is 14.4 Å². The third kappa shape index (κ3) is 3.08. The number of nitrogens with zero attached hydrogens (tertiary/aromatic N) is 1. The zero-order chi connectivity index (χ0) is 18.1. The summed E-state index contributed by atoms with van der Waals surface area (Å²) in [5.41, 5.74) is 1.31. The fraction of sp³-hybridized carbons (Fsp3) is 0.550. The number of hydrogen-bond acceptors (Lipinski definition) is 4. The minimum absolute atomic E-state index is 0.100. The van der Waals surface area contributed by atoms with E-state index in [4.69, 9.17) is 4.74 Å². The molecule has 26 heavy (non-hydrogen) atoms. The molecule has 138 valence electrons. The molecule has 1 saturated carbocycles. The van der Waals surface area contributed by atoms with Crippen LogP contribution in [0.2, 0.25) is 0 Å². The molecule has 3 fully saturated rings. The van der Waals surface area contributed by atoms with E-state index in [1.807, 2.05) is 24.3 Å². The van der Waals surface area contributed by atoms with Crippen LogP contribution in [0.15, 0.2) is 24.3 Å². The van der Waals surface area contributed by atoms with Crippen LogP contribution >= 0.6 is 0 Å². The van der Waals surface area contributed by atoms with Crippen LogP contribution in [0.1, 0.15) is 50.5 Å². The molecular formula is C20H24N2O4. The summed E-state index contributed by atoms with van der Waals surface area (Å²) in [6, 6.07) is 7.71. The summed E-state index contributed by atoms with van der Waals surface area (Å²) in [6.07, 6.45) is 5.29. The Morgan fingerprint density at radius 1 is 1.15 bits per heavy atom. The highest BCUT2D eigenvalue weighted by molar-refractivity contribution is 5.95. The molecule has 6 heteroatoms. The van der Waals surface area contributed by atoms with Crippen molar-refractivity contribution in [2.45, 2.75) is 57.1 Å². The van der Waals surface area contributed by atoms with E-state index >= 15 is 0 Å². The molecule has 3 aliphatic rings. The molecule has 4 rings (SSSR count). The predicted molar refractivity (Wildman–Crippen MR) is 95.3 cm³/mol. The first-order valence-corrected chi connectivity index (χ1v) is 9.46. The van der Waals surface area contributed by atoms with E-state index < -0.39 is 5.60 Å². The minimum Gasteiger partial charge on any atom is -0.458 e. The van der Waals surface area contributed by atoms with Crippen LogP contribution in [0, 0.1) is 5.92 Å². The Balaban J connectivity index is 1.37. The topological polar surface area (TPSA) is 75.7 Å². The van der Waals surface area contributed by atoms with Gasteiger partial charge >= 0.3 is 5.97 Å². The Bertz CT molecular complexity index is 722. The van der Waals surface area contributed by atoms with E-state index in [-0.39, 0.29) is 30.1 Å². The fourth-order valence-electron chi connectivity index (χ4n) is 4.48. The van der Waals surface area contributed by atoms with Crippen LogP contribution in [0.3, 0.4) is 0 Å². The molecule has 2 saturated heterocycles. The van der Waals surface area contributed by atoms with Gasteiger partial charge in [0.05, 0.1) is 12.3 Å². The van der Waals surface area contributed by atoms with Crippen molar-refractivity contribution in [1.82, 2.24) is 5.32 Å². The molecule has 2 amide bonds. The summed E-state index contributed by atoms with van der Waals surface area (Å²) in [4.78, 5) is 38.0. The van der Waals surface area contributed by atoms with E-state index in [1.165, 1.54) is 0 Å². The molecule has 1 spiro atoms. The number of ether oxygens (including phenoxy) is 1. The smallest absolute Gasteiger partial charge is 0.307 e. The van der Waals surface area contributed by atoms with Crippen LogP contribution in [-0.2, 0) is 25.7 Å². The maximum atomic E-state index is 12.6. The molecule has 6 nitrogen and oxygen atoms in total. The lowest BCUT2D eigenvalue weighted by Crippen LogP contribution is -2.42. The second kappa shape index (κ2) is 6.74. The van der Waals surface area contributed by atoms with Gasteiger partial charge in [-0.25, -0.2) is 0 Å². The first-order valence-electron chi connectivity index (χ1n) is 9.46. The Hall–Kier alpha value is -2.37. The standard InChI is InChI=1S/C20H24N2O4/c23-17-4-3-11-22(17)15-7-5-14(6-8-15)13-21-19(25)16-12-18(24)26-20(16)9-1-2-10-20/h5-8,16H,1-4,9-13H2,(H,21,25)/t16-/m1/s1. The zero-order valence-corrected chi connectivity index (χ0v) is 14.8. The average molecular weight is 356 g/mol. The monoisotopic (exact) mass is 356 g/mol. The van der Waals surface area contributed by atoms with Gasteiger partial charge in [-0.05, 0) is 49.8 Å². The highest BCUT2D eigenvalue weighted by atomic mass is 16.6. The summed E-state index contributed by atoms with van der Waals surface area (Å²) in [7, 11) is 0. The maximum Gasteiger partial charge on any atom is 0.307 e. The molecule has 1 atom stereocenters. The molecule has 1 aromatic carbocycles. The number of esters is 1. The van der Waals surface area contributed by atoms with Crippen LogP contribution in [0.25, 0.3) is 0 Å². The van der Waals surface area contributed by atoms with E-state index in [2.05, 4.69) is 5.32 Å². The molecule has 0 aromatic heterocycles. The Labute approximate surface area is 152 Å². The SMILES string of the molecule is O=C1C[C@H](C(=O)NCc2ccc(N3CCCC3=O)cc2)C2(CCCC2)O1. The van der Waals surface area contributed by atoms with Crippen molar-refractivity contribution in [1.29, 1.82) is 0 Å². The van der Waals surface area contributed by atoms with Crippen LogP contribution in [0.4, 0.5) is 5.69 Å². The molecule has 1 N–H and O–H groups in total. The van der Waals surface area contributed by atoms with Gasteiger partial charge in [0.15, 0.2) is 0 Å². The van der Waals surface area contributed by atoms with Crippen LogP contribution in [-0.4, -0.2) is 29.9 Å². The lowest BCUT2D eigenvalue weighted by atomic mass is 9.85. The number of benzene rings is 1. The largest absolute Gasteiger partial charge is 0.458 e. The molecule has 0 bridgehead atoms. The maximum absolute atomic E-state index is 12.6. The van der Waals surface area contributed by atoms with Crippen molar-refractivity contribution < 1.29 is 19.1 Å². The summed E-state index contributed by atoms with van der Waals surface area (Å²) in [6.45, 7) is 1.18. The van der Waals surface area contributed by atoms with E-state index in [0.717, 1.165) is 49.9 Å². The summed E-state index contributed by atoms with van der Waals surface area (Å²) < 4.78 is 5.54. The number of carbonyl (C=O) groups excluding carboxylic acids is 3. The molecule has 2 heterocycles. The van der Waals surface area contributed by atoms with Gasteiger partial charge in [0.1, 0.15) is 5.60 Å². The van der Waals surface area contributed by atoms with Gasteiger partial charge in [0.25, 0.3) is 0 Å². The van der Waals surface area contributed by atoms with Crippen molar-refractivity contribution in [2.75, 3.05) is 11.4 Å². The average Bonchev–Trinajstić information content (AvgIpc) is 3.35. The van der Waals surface area contributed by atoms with Gasteiger partial charge in [-0.1, -0.05) is 12.1 Å². The third-order valence-corrected chi connectivity index (χ3v) is 5.88. The van der Waals surface area contributed by atoms with E-state index in [0.29, 0.717) is 13.0 Å². The summed E-state index contributed by atoms with van der Waals surface area (Å²) in [5.74, 6) is -0.568. The zero-order valence-electron chi connectivity index (χ0n) is 14.8. The first kappa shape index (κ1) is 17.1. The van der Waals surface area contributed by atoms with Crippen LogP contribution < -0.4 is 10.2 Å². The number of anilines is 1. The molecule has 1 aromatic rings. The number of hydrogen-bond donors (Lipinski definition) is 1. The quantitative estimate of drug-likeness (QED) is 0.840. The lowest BCUT2D eigenvalue weighted by molar-refractivity contribution is -0.150. The second-order valence-electron chi connectivity index (χ2n) is 7.54. The number of rotatable bonds is 4. The van der Waals surface area contributed by atoms with Gasteiger partial charge in [0.2, 0.25) is 11.8 Å². The molecule has 1 aliphatic carbocycles. The number of carbonyl (C=O) groups is 3. The second-order valence-corrected chi connectivity index (χ2v) is 7.54. The normalized spacial score (nSPS) is 24.3. The van der Waals surface area contributed by atoms with Crippen molar-refractivity contribution >= 4 is 23.5 Å². The van der Waals surface area contributed by atoms with Gasteiger partial charge in [-0.3, -0.25) is 14.4 Å². The molecular weight excluding hydrogens is 332 g/mol. The fourth-order valence-corrected chi connectivity index (χ4v) is 4.48. The summed E-state index contributed by atoms with van der Waals surface area (Å²) in [5, 5.41) is 2.96.